The maximum Gasteiger partial charge on any atom is 0.335 e. The number of aromatic carboxylic acids is 1. The smallest absolute Gasteiger partial charge is 0.335 e. The van der Waals surface area contributed by atoms with E-state index >= 15 is 0 Å². The second-order valence-corrected chi connectivity index (χ2v) is 4.59. The lowest BCUT2D eigenvalue weighted by Gasteiger charge is -2.06. The van der Waals surface area contributed by atoms with Gasteiger partial charge in [-0.1, -0.05) is 42.0 Å². The molecule has 0 saturated heterocycles. The Balaban J connectivity index is 1.85. The molecule has 0 aliphatic rings. The van der Waals surface area contributed by atoms with Crippen molar-refractivity contribution >= 4 is 5.97 Å². The topological polar surface area (TPSA) is 49.3 Å². The Labute approximate surface area is 112 Å². The summed E-state index contributed by atoms with van der Waals surface area (Å²) in [5.41, 5.74) is 3.90. The van der Waals surface area contributed by atoms with E-state index in [4.69, 9.17) is 5.11 Å². The van der Waals surface area contributed by atoms with Crippen molar-refractivity contribution in [1.29, 1.82) is 0 Å². The molecule has 3 heteroatoms. The summed E-state index contributed by atoms with van der Waals surface area (Å²) >= 11 is 0. The first kappa shape index (κ1) is 13.3. The van der Waals surface area contributed by atoms with Gasteiger partial charge in [-0.25, -0.2) is 4.79 Å². The minimum absolute atomic E-state index is 0.322. The van der Waals surface area contributed by atoms with E-state index in [1.165, 1.54) is 11.1 Å². The largest absolute Gasteiger partial charge is 0.478 e. The zero-order valence-corrected chi connectivity index (χ0v) is 10.9. The molecule has 0 aliphatic heterocycles. The summed E-state index contributed by atoms with van der Waals surface area (Å²) in [6.45, 7) is 3.61. The van der Waals surface area contributed by atoms with Crippen LogP contribution < -0.4 is 5.32 Å². The van der Waals surface area contributed by atoms with E-state index in [1.807, 2.05) is 12.1 Å². The molecule has 0 heterocycles. The fraction of sp³-hybridized carbons (Fsp3) is 0.188. The number of benzene rings is 2. The van der Waals surface area contributed by atoms with Gasteiger partial charge in [0.05, 0.1) is 5.56 Å². The lowest BCUT2D eigenvalue weighted by molar-refractivity contribution is 0.0697. The van der Waals surface area contributed by atoms with Gasteiger partial charge in [0.15, 0.2) is 0 Å². The molecule has 0 atom stereocenters. The molecule has 19 heavy (non-hydrogen) atoms. The number of hydrogen-bond acceptors (Lipinski definition) is 2. The van der Waals surface area contributed by atoms with Crippen LogP contribution in [0.4, 0.5) is 0 Å². The van der Waals surface area contributed by atoms with Crippen molar-refractivity contribution in [1.82, 2.24) is 5.32 Å². The van der Waals surface area contributed by atoms with Crippen LogP contribution in [0.1, 0.15) is 27.0 Å². The highest BCUT2D eigenvalue weighted by Crippen LogP contribution is 2.06. The highest BCUT2D eigenvalue weighted by atomic mass is 16.4. The van der Waals surface area contributed by atoms with Gasteiger partial charge in [-0.05, 0) is 30.2 Å². The molecule has 0 saturated carbocycles. The Morgan fingerprint density at radius 2 is 1.42 bits per heavy atom. The second kappa shape index (κ2) is 6.16. The first-order valence-corrected chi connectivity index (χ1v) is 6.23. The number of carbonyl (C=O) groups is 1. The SMILES string of the molecule is Cc1ccc(CNCc2ccc(C(=O)O)cc2)cc1. The lowest BCUT2D eigenvalue weighted by atomic mass is 10.1. The molecule has 0 bridgehead atoms. The fourth-order valence-electron chi connectivity index (χ4n) is 1.82. The van der Waals surface area contributed by atoms with Crippen molar-refractivity contribution in [3.8, 4) is 0 Å². The van der Waals surface area contributed by atoms with E-state index in [1.54, 1.807) is 12.1 Å². The number of rotatable bonds is 5. The first-order chi connectivity index (χ1) is 9.15. The molecule has 2 N–H and O–H groups in total. The summed E-state index contributed by atoms with van der Waals surface area (Å²) in [4.78, 5) is 10.7. The van der Waals surface area contributed by atoms with Gasteiger partial charge in [0, 0.05) is 13.1 Å². The standard InChI is InChI=1S/C16H17NO2/c1-12-2-4-13(5-3-12)10-17-11-14-6-8-15(9-7-14)16(18)19/h2-9,17H,10-11H2,1H3,(H,18,19). The lowest BCUT2D eigenvalue weighted by Crippen LogP contribution is -2.12. The molecular formula is C16H17NO2. The molecule has 98 valence electrons. The maximum atomic E-state index is 10.7. The van der Waals surface area contributed by atoms with E-state index in [-0.39, 0.29) is 0 Å². The van der Waals surface area contributed by atoms with Crippen LogP contribution in [0.3, 0.4) is 0 Å². The average molecular weight is 255 g/mol. The molecular weight excluding hydrogens is 238 g/mol. The van der Waals surface area contributed by atoms with Crippen LogP contribution in [0.15, 0.2) is 48.5 Å². The summed E-state index contributed by atoms with van der Waals surface area (Å²) in [6.07, 6.45) is 0. The molecule has 0 spiro atoms. The van der Waals surface area contributed by atoms with Crippen LogP contribution in [0.25, 0.3) is 0 Å². The highest BCUT2D eigenvalue weighted by Gasteiger charge is 2.01. The molecule has 0 unspecified atom stereocenters. The third-order valence-corrected chi connectivity index (χ3v) is 2.98. The summed E-state index contributed by atoms with van der Waals surface area (Å²) < 4.78 is 0. The summed E-state index contributed by atoms with van der Waals surface area (Å²) in [5.74, 6) is -0.890. The zero-order valence-electron chi connectivity index (χ0n) is 10.9. The van der Waals surface area contributed by atoms with Crippen LogP contribution >= 0.6 is 0 Å². The average Bonchev–Trinajstić information content (AvgIpc) is 2.41. The van der Waals surface area contributed by atoms with Crippen molar-refractivity contribution < 1.29 is 9.90 Å². The number of carboxylic acid groups (broad SMARTS) is 1. The molecule has 3 nitrogen and oxygen atoms in total. The van der Waals surface area contributed by atoms with E-state index in [9.17, 15) is 4.79 Å². The number of hydrogen-bond donors (Lipinski definition) is 2. The van der Waals surface area contributed by atoms with Crippen LogP contribution in [-0.4, -0.2) is 11.1 Å². The predicted molar refractivity (Wildman–Crippen MR) is 75.1 cm³/mol. The Kier molecular flexibility index (Phi) is 4.31. The van der Waals surface area contributed by atoms with E-state index in [0.717, 1.165) is 18.7 Å². The third-order valence-electron chi connectivity index (χ3n) is 2.98. The molecule has 0 aliphatic carbocycles. The Bertz CT molecular complexity index is 544. The molecule has 0 radical (unpaired) electrons. The van der Waals surface area contributed by atoms with Gasteiger partial charge in [0.25, 0.3) is 0 Å². The van der Waals surface area contributed by atoms with E-state index in [2.05, 4.69) is 36.5 Å². The predicted octanol–water partition coefficient (Wildman–Crippen LogP) is 2.98. The fourth-order valence-corrected chi connectivity index (χ4v) is 1.82. The van der Waals surface area contributed by atoms with E-state index in [0.29, 0.717) is 5.56 Å². The zero-order chi connectivity index (χ0) is 13.7. The van der Waals surface area contributed by atoms with Crippen molar-refractivity contribution in [2.75, 3.05) is 0 Å². The quantitative estimate of drug-likeness (QED) is 0.863. The molecule has 2 aromatic carbocycles. The number of carboxylic acids is 1. The first-order valence-electron chi connectivity index (χ1n) is 6.23. The van der Waals surface area contributed by atoms with Gasteiger partial charge in [-0.2, -0.15) is 0 Å². The number of aryl methyl sites for hydroxylation is 1. The van der Waals surface area contributed by atoms with Gasteiger partial charge < -0.3 is 10.4 Å². The molecule has 0 amide bonds. The number of nitrogens with one attached hydrogen (secondary N) is 1. The van der Waals surface area contributed by atoms with Crippen molar-refractivity contribution in [3.63, 3.8) is 0 Å². The van der Waals surface area contributed by atoms with Gasteiger partial charge in [0.2, 0.25) is 0 Å². The van der Waals surface area contributed by atoms with Crippen LogP contribution in [0, 0.1) is 6.92 Å². The third kappa shape index (κ3) is 3.93. The monoisotopic (exact) mass is 255 g/mol. The minimum Gasteiger partial charge on any atom is -0.478 e. The minimum atomic E-state index is -0.890. The second-order valence-electron chi connectivity index (χ2n) is 4.59. The Morgan fingerprint density at radius 3 is 1.89 bits per heavy atom. The van der Waals surface area contributed by atoms with Gasteiger partial charge in [-0.15, -0.1) is 0 Å². The summed E-state index contributed by atoms with van der Waals surface area (Å²) in [6, 6.07) is 15.3. The van der Waals surface area contributed by atoms with Crippen LogP contribution in [0.2, 0.25) is 0 Å². The summed E-state index contributed by atoms with van der Waals surface area (Å²) in [7, 11) is 0. The molecule has 0 fully saturated rings. The molecule has 0 aromatic heterocycles. The van der Waals surface area contributed by atoms with Gasteiger partial charge >= 0.3 is 5.97 Å². The van der Waals surface area contributed by atoms with Crippen LogP contribution in [0.5, 0.6) is 0 Å². The van der Waals surface area contributed by atoms with Crippen LogP contribution in [-0.2, 0) is 13.1 Å². The maximum absolute atomic E-state index is 10.7. The van der Waals surface area contributed by atoms with Crippen molar-refractivity contribution in [3.05, 3.63) is 70.8 Å². The highest BCUT2D eigenvalue weighted by molar-refractivity contribution is 5.87. The Hall–Kier alpha value is -2.13. The normalized spacial score (nSPS) is 10.4. The van der Waals surface area contributed by atoms with Crippen molar-refractivity contribution in [2.45, 2.75) is 20.0 Å². The van der Waals surface area contributed by atoms with E-state index < -0.39 is 5.97 Å². The van der Waals surface area contributed by atoms with Gasteiger partial charge in [-0.3, -0.25) is 0 Å². The Morgan fingerprint density at radius 1 is 0.947 bits per heavy atom. The summed E-state index contributed by atoms with van der Waals surface area (Å²) in [5, 5.41) is 12.1. The molecule has 2 rings (SSSR count). The van der Waals surface area contributed by atoms with Gasteiger partial charge in [0.1, 0.15) is 0 Å². The molecule has 2 aromatic rings. The van der Waals surface area contributed by atoms with Crippen molar-refractivity contribution in [2.24, 2.45) is 0 Å².